The van der Waals surface area contributed by atoms with E-state index < -0.39 is 0 Å². The Morgan fingerprint density at radius 3 is 2.62 bits per heavy atom. The molecule has 0 bridgehead atoms. The van der Waals surface area contributed by atoms with Gasteiger partial charge in [-0.2, -0.15) is 5.10 Å². The second-order valence-electron chi connectivity index (χ2n) is 4.42. The predicted molar refractivity (Wildman–Crippen MR) is 82.4 cm³/mol. The fourth-order valence-electron chi connectivity index (χ4n) is 2.09. The molecule has 1 N–H and O–H groups in total. The Hall–Kier alpha value is -1.86. The fourth-order valence-corrected chi connectivity index (χ4v) is 2.31. The summed E-state index contributed by atoms with van der Waals surface area (Å²) >= 11 is 5.28. The zero-order valence-electron chi connectivity index (χ0n) is 12.4. The SMILES string of the molecule is COCCCn1c(-c2ccc(OC)c(OC)c2)n[nH]c1=S. The van der Waals surface area contributed by atoms with Crippen LogP contribution in [0.2, 0.25) is 0 Å². The number of H-pyrrole nitrogens is 1. The van der Waals surface area contributed by atoms with Crippen molar-refractivity contribution in [2.45, 2.75) is 13.0 Å². The number of ether oxygens (including phenoxy) is 3. The Bertz CT molecular complexity index is 651. The summed E-state index contributed by atoms with van der Waals surface area (Å²) in [4.78, 5) is 0. The number of rotatable bonds is 7. The number of hydrogen-bond donors (Lipinski definition) is 1. The van der Waals surface area contributed by atoms with E-state index in [2.05, 4.69) is 10.2 Å². The molecule has 1 aromatic heterocycles. The lowest BCUT2D eigenvalue weighted by molar-refractivity contribution is 0.190. The molecule has 1 heterocycles. The average molecular weight is 309 g/mol. The summed E-state index contributed by atoms with van der Waals surface area (Å²) in [6, 6.07) is 5.67. The largest absolute Gasteiger partial charge is 0.493 e. The molecule has 0 aliphatic carbocycles. The van der Waals surface area contributed by atoms with Crippen LogP contribution in [0.3, 0.4) is 0 Å². The molecule has 2 aromatic rings. The molecule has 0 radical (unpaired) electrons. The highest BCUT2D eigenvalue weighted by molar-refractivity contribution is 7.71. The molecule has 0 aliphatic heterocycles. The minimum absolute atomic E-state index is 0.593. The summed E-state index contributed by atoms with van der Waals surface area (Å²) in [6.07, 6.45) is 0.866. The molecule has 0 aliphatic rings. The molecule has 0 amide bonds. The molecule has 0 fully saturated rings. The van der Waals surface area contributed by atoms with E-state index in [0.717, 1.165) is 24.4 Å². The van der Waals surface area contributed by atoms with Crippen molar-refractivity contribution in [1.29, 1.82) is 0 Å². The van der Waals surface area contributed by atoms with Crippen LogP contribution in [0.5, 0.6) is 11.5 Å². The van der Waals surface area contributed by atoms with Crippen molar-refractivity contribution in [3.05, 3.63) is 23.0 Å². The number of aromatic nitrogens is 3. The van der Waals surface area contributed by atoms with E-state index in [-0.39, 0.29) is 0 Å². The lowest BCUT2D eigenvalue weighted by Crippen LogP contribution is -2.04. The Morgan fingerprint density at radius 1 is 1.19 bits per heavy atom. The van der Waals surface area contributed by atoms with Gasteiger partial charge >= 0.3 is 0 Å². The van der Waals surface area contributed by atoms with Gasteiger partial charge < -0.3 is 18.8 Å². The second-order valence-corrected chi connectivity index (χ2v) is 4.81. The first-order chi connectivity index (χ1) is 10.2. The van der Waals surface area contributed by atoms with E-state index >= 15 is 0 Å². The molecule has 114 valence electrons. The van der Waals surface area contributed by atoms with Crippen molar-refractivity contribution in [2.24, 2.45) is 0 Å². The number of aromatic amines is 1. The Balaban J connectivity index is 2.35. The Labute approximate surface area is 128 Å². The summed E-state index contributed by atoms with van der Waals surface area (Å²) < 4.78 is 18.2. The van der Waals surface area contributed by atoms with Gasteiger partial charge in [0.25, 0.3) is 0 Å². The van der Waals surface area contributed by atoms with Crippen LogP contribution in [0.1, 0.15) is 6.42 Å². The standard InChI is InChI=1S/C14H19N3O3S/c1-18-8-4-7-17-13(15-16-14(17)21)10-5-6-11(19-2)12(9-10)20-3/h5-6,9H,4,7-8H2,1-3H3,(H,16,21). The second kappa shape index (κ2) is 7.24. The van der Waals surface area contributed by atoms with Crippen LogP contribution < -0.4 is 9.47 Å². The normalized spacial score (nSPS) is 10.6. The minimum atomic E-state index is 0.593. The van der Waals surface area contributed by atoms with Crippen molar-refractivity contribution >= 4 is 12.2 Å². The third-order valence-corrected chi connectivity index (χ3v) is 3.44. The van der Waals surface area contributed by atoms with Gasteiger partial charge in [0.15, 0.2) is 22.1 Å². The lowest BCUT2D eigenvalue weighted by atomic mass is 10.2. The molecule has 0 atom stereocenters. The zero-order valence-corrected chi connectivity index (χ0v) is 13.2. The van der Waals surface area contributed by atoms with Gasteiger partial charge in [0, 0.05) is 25.8 Å². The Kier molecular flexibility index (Phi) is 5.35. The van der Waals surface area contributed by atoms with Crippen molar-refractivity contribution in [1.82, 2.24) is 14.8 Å². The van der Waals surface area contributed by atoms with Gasteiger partial charge in [-0.25, -0.2) is 0 Å². The van der Waals surface area contributed by atoms with Crippen LogP contribution in [0, 0.1) is 4.77 Å². The molecular formula is C14H19N3O3S. The average Bonchev–Trinajstić information content (AvgIpc) is 2.88. The topological polar surface area (TPSA) is 61.3 Å². The summed E-state index contributed by atoms with van der Waals surface area (Å²) in [5.74, 6) is 2.12. The van der Waals surface area contributed by atoms with Crippen molar-refractivity contribution in [2.75, 3.05) is 27.9 Å². The van der Waals surface area contributed by atoms with Crippen molar-refractivity contribution < 1.29 is 14.2 Å². The Morgan fingerprint density at radius 2 is 1.95 bits per heavy atom. The lowest BCUT2D eigenvalue weighted by Gasteiger charge is -2.10. The highest BCUT2D eigenvalue weighted by Crippen LogP contribution is 2.31. The molecular weight excluding hydrogens is 290 g/mol. The zero-order chi connectivity index (χ0) is 15.2. The van der Waals surface area contributed by atoms with Crippen molar-refractivity contribution in [3.63, 3.8) is 0 Å². The van der Waals surface area contributed by atoms with Crippen LogP contribution >= 0.6 is 12.2 Å². The van der Waals surface area contributed by atoms with Gasteiger partial charge in [0.2, 0.25) is 0 Å². The predicted octanol–water partition coefficient (Wildman–Crippen LogP) is 2.66. The smallest absolute Gasteiger partial charge is 0.195 e. The van der Waals surface area contributed by atoms with Gasteiger partial charge in [0.05, 0.1) is 14.2 Å². The maximum Gasteiger partial charge on any atom is 0.195 e. The molecule has 0 saturated carbocycles. The quantitative estimate of drug-likeness (QED) is 0.629. The molecule has 0 unspecified atom stereocenters. The molecule has 1 aromatic carbocycles. The summed E-state index contributed by atoms with van der Waals surface area (Å²) in [5.41, 5.74) is 0.914. The minimum Gasteiger partial charge on any atom is -0.493 e. The first-order valence-electron chi connectivity index (χ1n) is 6.57. The van der Waals surface area contributed by atoms with Crippen LogP contribution in [0.25, 0.3) is 11.4 Å². The van der Waals surface area contributed by atoms with E-state index in [4.69, 9.17) is 26.4 Å². The number of nitrogens with one attached hydrogen (secondary N) is 1. The van der Waals surface area contributed by atoms with Gasteiger partial charge in [-0.1, -0.05) is 0 Å². The van der Waals surface area contributed by atoms with Crippen LogP contribution in [0.4, 0.5) is 0 Å². The molecule has 2 rings (SSSR count). The third-order valence-electron chi connectivity index (χ3n) is 3.13. The molecule has 0 saturated heterocycles. The number of hydrogen-bond acceptors (Lipinski definition) is 5. The van der Waals surface area contributed by atoms with E-state index in [1.54, 1.807) is 21.3 Å². The maximum absolute atomic E-state index is 5.33. The molecule has 7 heteroatoms. The van der Waals surface area contributed by atoms with Crippen LogP contribution in [-0.2, 0) is 11.3 Å². The molecule has 6 nitrogen and oxygen atoms in total. The first-order valence-corrected chi connectivity index (χ1v) is 6.98. The van der Waals surface area contributed by atoms with E-state index in [1.165, 1.54) is 0 Å². The van der Waals surface area contributed by atoms with Crippen LogP contribution in [0.15, 0.2) is 18.2 Å². The van der Waals surface area contributed by atoms with Crippen LogP contribution in [-0.4, -0.2) is 42.7 Å². The molecule has 0 spiro atoms. The van der Waals surface area contributed by atoms with Gasteiger partial charge in [-0.3, -0.25) is 5.10 Å². The summed E-state index contributed by atoms with van der Waals surface area (Å²) in [7, 11) is 4.90. The third kappa shape index (κ3) is 3.43. The maximum atomic E-state index is 5.33. The summed E-state index contributed by atoms with van der Waals surface area (Å²) in [5, 5.41) is 7.14. The number of benzene rings is 1. The van der Waals surface area contributed by atoms with Gasteiger partial charge in [-0.15, -0.1) is 0 Å². The number of methoxy groups -OCH3 is 3. The monoisotopic (exact) mass is 309 g/mol. The number of nitrogens with zero attached hydrogens (tertiary/aromatic N) is 2. The van der Waals surface area contributed by atoms with E-state index in [9.17, 15) is 0 Å². The highest BCUT2D eigenvalue weighted by Gasteiger charge is 2.12. The molecule has 21 heavy (non-hydrogen) atoms. The highest BCUT2D eigenvalue weighted by atomic mass is 32.1. The van der Waals surface area contributed by atoms with Gasteiger partial charge in [-0.05, 0) is 36.8 Å². The van der Waals surface area contributed by atoms with Crippen molar-refractivity contribution in [3.8, 4) is 22.9 Å². The first kappa shape index (κ1) is 15.5. The van der Waals surface area contributed by atoms with E-state index in [1.807, 2.05) is 22.8 Å². The fraction of sp³-hybridized carbons (Fsp3) is 0.429. The summed E-state index contributed by atoms with van der Waals surface area (Å²) in [6.45, 7) is 1.42. The van der Waals surface area contributed by atoms with E-state index in [0.29, 0.717) is 22.9 Å². The van der Waals surface area contributed by atoms with Gasteiger partial charge in [0.1, 0.15) is 0 Å².